The fraction of sp³-hybridized carbons (Fsp3) is 0.421. The molecule has 8 heteroatoms. The Morgan fingerprint density at radius 1 is 0.543 bits per heavy atom. The number of ether oxygens (including phenoxy) is 4. The molecule has 9 rings (SSSR count). The van der Waals surface area contributed by atoms with E-state index in [-0.39, 0.29) is 35.5 Å². The molecule has 0 aromatic heterocycles. The van der Waals surface area contributed by atoms with Crippen molar-refractivity contribution in [1.82, 2.24) is 0 Å². The molecule has 46 heavy (non-hydrogen) atoms. The van der Waals surface area contributed by atoms with Crippen LogP contribution in [0.1, 0.15) is 25.0 Å². The van der Waals surface area contributed by atoms with Gasteiger partial charge in [0.2, 0.25) is 0 Å². The van der Waals surface area contributed by atoms with E-state index in [2.05, 4.69) is 26.0 Å². The molecule has 0 spiro atoms. The van der Waals surface area contributed by atoms with Crippen LogP contribution in [0.2, 0.25) is 0 Å². The van der Waals surface area contributed by atoms with Gasteiger partial charge >= 0.3 is 23.9 Å². The van der Waals surface area contributed by atoms with Crippen molar-refractivity contribution in [2.45, 2.75) is 13.8 Å². The van der Waals surface area contributed by atoms with Gasteiger partial charge in [-0.1, -0.05) is 86.7 Å². The number of carbonyl (C=O) groups excluding carboxylic acids is 4. The molecule has 0 aliphatic heterocycles. The Morgan fingerprint density at radius 3 is 1.20 bits per heavy atom. The van der Waals surface area contributed by atoms with Gasteiger partial charge < -0.3 is 18.9 Å². The van der Waals surface area contributed by atoms with E-state index in [0.717, 1.165) is 22.3 Å². The van der Waals surface area contributed by atoms with Crippen LogP contribution in [0.3, 0.4) is 0 Å². The molecule has 0 N–H and O–H groups in total. The summed E-state index contributed by atoms with van der Waals surface area (Å²) in [5.41, 5.74) is 2.36. The van der Waals surface area contributed by atoms with E-state index in [9.17, 15) is 19.2 Å². The molecule has 7 aliphatic rings. The van der Waals surface area contributed by atoms with E-state index in [1.54, 1.807) is 0 Å². The zero-order valence-electron chi connectivity index (χ0n) is 26.8. The van der Waals surface area contributed by atoms with Crippen molar-refractivity contribution in [1.29, 1.82) is 0 Å². The maximum Gasteiger partial charge on any atom is 0.335 e. The van der Waals surface area contributed by atoms with E-state index in [1.807, 2.05) is 60.7 Å². The van der Waals surface area contributed by atoms with Crippen molar-refractivity contribution in [3.05, 3.63) is 95.1 Å². The van der Waals surface area contributed by atoms with E-state index in [1.165, 1.54) is 28.4 Å². The summed E-state index contributed by atoms with van der Waals surface area (Å²) in [5.74, 6) is -4.66. The smallest absolute Gasteiger partial charge is 0.335 e. The average molecular weight is 623 g/mol. The minimum Gasteiger partial charge on any atom is -0.469 e. The number of methoxy groups -OCH3 is 4. The van der Waals surface area contributed by atoms with E-state index >= 15 is 0 Å². The molecule has 0 unspecified atom stereocenters. The summed E-state index contributed by atoms with van der Waals surface area (Å²) in [5, 5.41) is 0. The number of allylic oxidation sites excluding steroid dienone is 4. The molecule has 8 nitrogen and oxygen atoms in total. The van der Waals surface area contributed by atoms with E-state index in [4.69, 9.17) is 18.9 Å². The predicted octanol–water partition coefficient (Wildman–Crippen LogP) is 5.15. The molecular weight excluding hydrogens is 584 g/mol. The molecule has 10 atom stereocenters. The highest BCUT2D eigenvalue weighted by Crippen LogP contribution is 2.83. The fourth-order valence-electron chi connectivity index (χ4n) is 10.8. The highest BCUT2D eigenvalue weighted by molar-refractivity contribution is 6.14. The van der Waals surface area contributed by atoms with Crippen LogP contribution in [0, 0.1) is 58.2 Å². The molecule has 4 bridgehead atoms. The van der Waals surface area contributed by atoms with Crippen molar-refractivity contribution < 1.29 is 38.1 Å². The summed E-state index contributed by atoms with van der Waals surface area (Å²) in [6.07, 6.45) is 4.12. The number of hydrogen-bond acceptors (Lipinski definition) is 8. The molecule has 238 valence electrons. The maximum atomic E-state index is 14.1. The summed E-state index contributed by atoms with van der Waals surface area (Å²) >= 11 is 0. The first-order valence-corrected chi connectivity index (χ1v) is 15.7. The number of hydrogen-bond donors (Lipinski definition) is 0. The quantitative estimate of drug-likeness (QED) is 0.248. The molecule has 2 aromatic carbocycles. The summed E-state index contributed by atoms with van der Waals surface area (Å²) in [4.78, 5) is 55.0. The standard InChI is InChI=1S/C38H38O8/c1-37-27(19-13-9-7-10-14-19)28(20-15-11-8-12-16-20)38(2,32(36(42)46-6)31(37)35(41)45-5)30-24-22-18-17-21(23(24)29(30)37)25(33(39)43-3)26(22)34(40)44-4/h7-18,21-26,29-30H,1-6H3/t21-,22-,23-,24+,25-,26+,29-,30+,37+,38+/m1/s1. The van der Waals surface area contributed by atoms with Crippen LogP contribution in [0.5, 0.6) is 0 Å². The summed E-state index contributed by atoms with van der Waals surface area (Å²) in [7, 11) is 5.36. The molecule has 2 saturated carbocycles. The van der Waals surface area contributed by atoms with Crippen LogP contribution >= 0.6 is 0 Å². The highest BCUT2D eigenvalue weighted by atomic mass is 16.5. The summed E-state index contributed by atoms with van der Waals surface area (Å²) in [6.45, 7) is 4.11. The molecule has 0 amide bonds. The molecular formula is C38H38O8. The van der Waals surface area contributed by atoms with Crippen molar-refractivity contribution in [3.63, 3.8) is 0 Å². The maximum absolute atomic E-state index is 14.1. The van der Waals surface area contributed by atoms with Gasteiger partial charge in [0.25, 0.3) is 0 Å². The van der Waals surface area contributed by atoms with Gasteiger partial charge in [0, 0.05) is 10.8 Å². The monoisotopic (exact) mass is 622 g/mol. The lowest BCUT2D eigenvalue weighted by molar-refractivity contribution is -0.222. The van der Waals surface area contributed by atoms with Crippen molar-refractivity contribution in [2.75, 3.05) is 28.4 Å². The lowest BCUT2D eigenvalue weighted by atomic mass is 9.25. The molecule has 2 aromatic rings. The Bertz CT molecular complexity index is 1610. The summed E-state index contributed by atoms with van der Waals surface area (Å²) < 4.78 is 21.5. The van der Waals surface area contributed by atoms with Crippen LogP contribution in [0.15, 0.2) is 84.0 Å². The van der Waals surface area contributed by atoms with Gasteiger partial charge in [0.15, 0.2) is 0 Å². The van der Waals surface area contributed by atoms with E-state index < -0.39 is 46.5 Å². The number of fused-ring (bicyclic) bond motifs is 1. The second-order valence-corrected chi connectivity index (χ2v) is 13.5. The van der Waals surface area contributed by atoms with Gasteiger partial charge in [0.05, 0.1) is 51.4 Å². The Balaban J connectivity index is 1.59. The van der Waals surface area contributed by atoms with E-state index in [0.29, 0.717) is 11.1 Å². The second-order valence-electron chi connectivity index (χ2n) is 13.5. The SMILES string of the molecule is COC(=O)C1=C(C(=O)OC)[C@@]2(C)C(c3ccccc3)=C(c3ccccc3)[C@@]1(C)[C@@H]1[C@@H]3[C@H]4C=C[C@@H]([C@H](C(=O)OC)[C@@H]4C(=O)OC)[C@@H]3[C@@H]12. The van der Waals surface area contributed by atoms with Gasteiger partial charge in [-0.3, -0.25) is 9.59 Å². The van der Waals surface area contributed by atoms with Crippen LogP contribution in [0.4, 0.5) is 0 Å². The fourth-order valence-corrected chi connectivity index (χ4v) is 10.8. The molecule has 2 fully saturated rings. The second kappa shape index (κ2) is 10.5. The van der Waals surface area contributed by atoms with Gasteiger partial charge in [0.1, 0.15) is 0 Å². The Labute approximate surface area is 268 Å². The zero-order valence-corrected chi connectivity index (χ0v) is 26.8. The minimum absolute atomic E-state index is 0.0794. The highest BCUT2D eigenvalue weighted by Gasteiger charge is 2.79. The first-order valence-electron chi connectivity index (χ1n) is 15.7. The number of carbonyl (C=O) groups is 4. The minimum atomic E-state index is -1.01. The van der Waals surface area contributed by atoms with Crippen molar-refractivity contribution in [2.24, 2.45) is 58.2 Å². The van der Waals surface area contributed by atoms with Gasteiger partial charge in [-0.15, -0.1) is 0 Å². The topological polar surface area (TPSA) is 105 Å². The normalized spacial score (nSPS) is 36.3. The zero-order chi connectivity index (χ0) is 32.7. The van der Waals surface area contributed by atoms with Gasteiger partial charge in [-0.2, -0.15) is 0 Å². The third kappa shape index (κ3) is 3.55. The lowest BCUT2D eigenvalue weighted by Gasteiger charge is -2.76. The molecule has 0 radical (unpaired) electrons. The van der Waals surface area contributed by atoms with Crippen LogP contribution < -0.4 is 0 Å². The number of esters is 4. The Hall–Kier alpha value is -4.46. The average Bonchev–Trinajstić information content (AvgIpc) is 3.07. The van der Waals surface area contributed by atoms with Gasteiger partial charge in [-0.05, 0) is 57.8 Å². The number of rotatable bonds is 6. The Morgan fingerprint density at radius 2 is 0.891 bits per heavy atom. The van der Waals surface area contributed by atoms with Crippen LogP contribution in [-0.4, -0.2) is 52.3 Å². The first kappa shape index (κ1) is 30.2. The lowest BCUT2D eigenvalue weighted by Crippen LogP contribution is -2.74. The van der Waals surface area contributed by atoms with Crippen molar-refractivity contribution >= 4 is 35.0 Å². The summed E-state index contributed by atoms with van der Waals surface area (Å²) in [6, 6.07) is 20.0. The number of benzene rings is 2. The molecule has 0 saturated heterocycles. The Kier molecular flexibility index (Phi) is 6.92. The third-order valence-electron chi connectivity index (χ3n) is 12.1. The van der Waals surface area contributed by atoms with Crippen LogP contribution in [-0.2, 0) is 38.1 Å². The first-order chi connectivity index (χ1) is 22.1. The predicted molar refractivity (Wildman–Crippen MR) is 168 cm³/mol. The largest absolute Gasteiger partial charge is 0.469 e. The molecule has 0 heterocycles. The van der Waals surface area contributed by atoms with Crippen molar-refractivity contribution in [3.8, 4) is 0 Å². The van der Waals surface area contributed by atoms with Gasteiger partial charge in [-0.25, -0.2) is 9.59 Å². The molecule has 7 aliphatic carbocycles. The third-order valence-corrected chi connectivity index (χ3v) is 12.1. The van der Waals surface area contributed by atoms with Crippen LogP contribution in [0.25, 0.3) is 11.1 Å².